The number of ether oxygens (including phenoxy) is 2. The molecule has 0 aliphatic heterocycles. The van der Waals surface area contributed by atoms with Crippen LogP contribution >= 0.6 is 0 Å². The molecule has 0 radical (unpaired) electrons. The van der Waals surface area contributed by atoms with Crippen LogP contribution in [0.2, 0.25) is 0 Å². The Morgan fingerprint density at radius 1 is 0.556 bits per heavy atom. The minimum atomic E-state index is -0.643. The maximum atomic E-state index is 13.2. The number of halogens is 2. The van der Waals surface area contributed by atoms with Crippen LogP contribution in [0.4, 0.5) is 8.78 Å². The van der Waals surface area contributed by atoms with Crippen LogP contribution < -0.4 is 0 Å². The Hall–Kier alpha value is -5.46. The Balaban J connectivity index is 0.000000208. The van der Waals surface area contributed by atoms with Crippen LogP contribution in [0.15, 0.2) is 97.1 Å². The molecule has 0 unspecified atom stereocenters. The third-order valence-electron chi connectivity index (χ3n) is 10.5. The molecule has 2 aliphatic carbocycles. The number of hydroxylamine groups is 4. The van der Waals surface area contributed by atoms with E-state index in [1.807, 2.05) is 24.3 Å². The summed E-state index contributed by atoms with van der Waals surface area (Å²) in [5, 5.41) is 2.48. The lowest BCUT2D eigenvalue weighted by Gasteiger charge is -2.23. The molecule has 4 aromatic rings. The first kappa shape index (κ1) is 39.7. The zero-order valence-corrected chi connectivity index (χ0v) is 31.1. The van der Waals surface area contributed by atoms with Crippen molar-refractivity contribution in [1.29, 1.82) is 0 Å². The van der Waals surface area contributed by atoms with E-state index in [1.54, 1.807) is 62.6 Å². The predicted molar refractivity (Wildman–Crippen MR) is 195 cm³/mol. The molecule has 0 heterocycles. The molecule has 54 heavy (non-hydrogen) atoms. The number of benzene rings is 4. The lowest BCUT2D eigenvalue weighted by molar-refractivity contribution is -0.175. The van der Waals surface area contributed by atoms with Gasteiger partial charge in [-0.05, 0) is 108 Å². The molecule has 10 nitrogen and oxygen atoms in total. The van der Waals surface area contributed by atoms with Gasteiger partial charge in [0, 0.05) is 14.1 Å². The lowest BCUT2D eigenvalue weighted by atomic mass is 9.90. The highest BCUT2D eigenvalue weighted by Gasteiger charge is 2.62. The highest BCUT2D eigenvalue weighted by molar-refractivity contribution is 5.91. The number of hydrogen-bond acceptors (Lipinski definition) is 8. The Labute approximate surface area is 313 Å². The van der Waals surface area contributed by atoms with E-state index >= 15 is 0 Å². The van der Waals surface area contributed by atoms with E-state index in [1.165, 1.54) is 62.8 Å². The first-order valence-corrected chi connectivity index (χ1v) is 17.3. The topological polar surface area (TPSA) is 112 Å². The Kier molecular flexibility index (Phi) is 12.3. The number of methoxy groups -OCH3 is 2. The van der Waals surface area contributed by atoms with Crippen LogP contribution in [0.25, 0.3) is 0 Å². The molecular weight excluding hydrogens is 698 g/mol. The summed E-state index contributed by atoms with van der Waals surface area (Å²) >= 11 is 0. The lowest BCUT2D eigenvalue weighted by Crippen LogP contribution is -2.35. The average Bonchev–Trinajstić information content (AvgIpc) is 4.13. The van der Waals surface area contributed by atoms with Crippen molar-refractivity contribution in [3.05, 3.63) is 142 Å². The molecule has 0 saturated heterocycles. The molecule has 12 heteroatoms. The van der Waals surface area contributed by atoms with Crippen LogP contribution in [0.3, 0.4) is 0 Å². The van der Waals surface area contributed by atoms with Crippen molar-refractivity contribution in [2.45, 2.75) is 37.5 Å². The number of esters is 2. The molecule has 0 bridgehead atoms. The van der Waals surface area contributed by atoms with Gasteiger partial charge >= 0.3 is 11.9 Å². The molecule has 4 atom stereocenters. The summed E-state index contributed by atoms with van der Waals surface area (Å²) in [6.45, 7) is 0. The summed E-state index contributed by atoms with van der Waals surface area (Å²) in [7, 11) is 8.75. The van der Waals surface area contributed by atoms with Crippen LogP contribution in [0.1, 0.15) is 67.6 Å². The Bertz CT molecular complexity index is 1810. The van der Waals surface area contributed by atoms with Gasteiger partial charge in [0.05, 0.1) is 50.4 Å². The number of carbonyl (C=O) groups excluding carboxylic acids is 4. The van der Waals surface area contributed by atoms with Gasteiger partial charge in [0.1, 0.15) is 11.6 Å². The Morgan fingerprint density at radius 3 is 1.15 bits per heavy atom. The van der Waals surface area contributed by atoms with Gasteiger partial charge < -0.3 is 9.47 Å². The summed E-state index contributed by atoms with van der Waals surface area (Å²) in [6, 6.07) is 26.6. The zero-order valence-electron chi connectivity index (χ0n) is 31.1. The third-order valence-corrected chi connectivity index (χ3v) is 10.5. The minimum absolute atomic E-state index is 0.000602. The Morgan fingerprint density at radius 2 is 0.870 bits per heavy atom. The fourth-order valence-electron chi connectivity index (χ4n) is 7.16. The van der Waals surface area contributed by atoms with E-state index in [-0.39, 0.29) is 35.3 Å². The smallest absolute Gasteiger partial charge is 0.337 e. The first-order chi connectivity index (χ1) is 25.8. The number of rotatable bonds is 12. The summed E-state index contributed by atoms with van der Waals surface area (Å²) in [6.07, 6.45) is 2.30. The minimum Gasteiger partial charge on any atom is -0.465 e. The molecule has 6 rings (SSSR count). The third kappa shape index (κ3) is 8.50. The highest BCUT2D eigenvalue weighted by atomic mass is 19.1. The summed E-state index contributed by atoms with van der Waals surface area (Å²) in [4.78, 5) is 59.4. The molecule has 2 aliphatic rings. The predicted octanol–water partition coefficient (Wildman–Crippen LogP) is 6.70. The average molecular weight is 743 g/mol. The maximum Gasteiger partial charge on any atom is 0.337 e. The molecule has 4 aromatic carbocycles. The van der Waals surface area contributed by atoms with E-state index < -0.39 is 22.8 Å². The van der Waals surface area contributed by atoms with E-state index in [9.17, 15) is 28.0 Å². The van der Waals surface area contributed by atoms with Crippen molar-refractivity contribution in [2.75, 3.05) is 42.5 Å². The van der Waals surface area contributed by atoms with E-state index in [0.29, 0.717) is 36.8 Å². The van der Waals surface area contributed by atoms with E-state index in [0.717, 1.165) is 22.3 Å². The molecule has 0 spiro atoms. The van der Waals surface area contributed by atoms with Crippen molar-refractivity contribution in [3.8, 4) is 0 Å². The van der Waals surface area contributed by atoms with Crippen LogP contribution in [0, 0.1) is 22.5 Å². The van der Waals surface area contributed by atoms with Gasteiger partial charge in [0.15, 0.2) is 0 Å². The summed E-state index contributed by atoms with van der Waals surface area (Å²) in [5.74, 6) is -1.64. The zero-order chi connectivity index (χ0) is 39.2. The van der Waals surface area contributed by atoms with E-state index in [4.69, 9.17) is 19.1 Å². The second-order valence-corrected chi connectivity index (χ2v) is 13.6. The normalized spacial score (nSPS) is 20.8. The molecule has 2 saturated carbocycles. The summed E-state index contributed by atoms with van der Waals surface area (Å²) in [5.41, 5.74) is 3.37. The molecule has 284 valence electrons. The van der Waals surface area contributed by atoms with Crippen molar-refractivity contribution >= 4 is 23.8 Å². The van der Waals surface area contributed by atoms with Crippen molar-refractivity contribution in [2.24, 2.45) is 10.8 Å². The second-order valence-electron chi connectivity index (χ2n) is 13.6. The van der Waals surface area contributed by atoms with Crippen molar-refractivity contribution in [3.63, 3.8) is 0 Å². The van der Waals surface area contributed by atoms with Crippen molar-refractivity contribution < 1.29 is 47.1 Å². The van der Waals surface area contributed by atoms with Crippen molar-refractivity contribution in [1.82, 2.24) is 10.1 Å². The van der Waals surface area contributed by atoms with Crippen LogP contribution in [-0.2, 0) is 41.6 Å². The molecule has 2 amide bonds. The largest absolute Gasteiger partial charge is 0.465 e. The van der Waals surface area contributed by atoms with Crippen LogP contribution in [0.5, 0.6) is 0 Å². The highest BCUT2D eigenvalue weighted by Crippen LogP contribution is 2.63. The molecule has 2 fully saturated rings. The number of amides is 2. The van der Waals surface area contributed by atoms with Gasteiger partial charge in [-0.25, -0.2) is 28.5 Å². The second kappa shape index (κ2) is 16.7. The van der Waals surface area contributed by atoms with Crippen LogP contribution in [-0.4, -0.2) is 76.4 Å². The fraction of sp³-hybridized carbons (Fsp3) is 0.333. The first-order valence-electron chi connectivity index (χ1n) is 17.3. The van der Waals surface area contributed by atoms with Gasteiger partial charge in [0.2, 0.25) is 0 Å². The van der Waals surface area contributed by atoms with Gasteiger partial charge in [0.25, 0.3) is 11.8 Å². The maximum absolute atomic E-state index is 13.2. The molecule has 0 aromatic heterocycles. The van der Waals surface area contributed by atoms with Gasteiger partial charge in [-0.15, -0.1) is 0 Å². The molecular formula is C42H44F2N2O8. The number of carbonyl (C=O) groups is 4. The SMILES string of the molecule is COC(=O)c1ccc([C@@H]2C[C@]2(Cc2ccc(F)cc2)C(=O)N(C)OC)cc1.COC(=O)c1ccc([C@H]2C[C@@]2(Cc2ccc(F)cc2)C(=O)N(C)OC)cc1. The fourth-order valence-corrected chi connectivity index (χ4v) is 7.16. The van der Waals surface area contributed by atoms with Gasteiger partial charge in [-0.2, -0.15) is 0 Å². The quantitative estimate of drug-likeness (QED) is 0.117. The summed E-state index contributed by atoms with van der Waals surface area (Å²) < 4.78 is 35.9. The van der Waals surface area contributed by atoms with E-state index in [2.05, 4.69) is 0 Å². The number of nitrogens with zero attached hydrogens (tertiary/aromatic N) is 2. The number of hydrogen-bond donors (Lipinski definition) is 0. The van der Waals surface area contributed by atoms with Gasteiger partial charge in [-0.1, -0.05) is 48.5 Å². The standard InChI is InChI=1S/2C21H22FNO4/c2*1-23(27-3)20(25)21(12-14-4-10-17(22)11-5-14)13-18(21)15-6-8-16(9-7-15)19(24)26-2/h2*4-11,18H,12-13H2,1-3H3/t2*18-,21-/m10/s1. The molecule has 0 N–H and O–H groups in total. The monoisotopic (exact) mass is 742 g/mol. The van der Waals surface area contributed by atoms with Gasteiger partial charge in [-0.3, -0.25) is 19.3 Å².